The molecule has 0 bridgehead atoms. The second kappa shape index (κ2) is 8.72. The van der Waals surface area contributed by atoms with E-state index in [1.807, 2.05) is 6.07 Å². The van der Waals surface area contributed by atoms with Crippen LogP contribution in [0.3, 0.4) is 0 Å². The molecular formula is C23H15BrCl2O4. The van der Waals surface area contributed by atoms with E-state index in [0.29, 0.717) is 43.7 Å². The Labute approximate surface area is 191 Å². The molecule has 3 aromatic carbocycles. The van der Waals surface area contributed by atoms with Crippen LogP contribution in [0, 0.1) is 0 Å². The molecule has 0 radical (unpaired) electrons. The van der Waals surface area contributed by atoms with Crippen molar-refractivity contribution in [3.8, 4) is 22.8 Å². The first-order valence-electron chi connectivity index (χ1n) is 8.95. The SMILES string of the molecule is COc1ccc(-c2oc3ccccc3c(=O)c2OCc2c(Cl)cccc2Cl)cc1Br. The second-order valence-corrected chi connectivity index (χ2v) is 8.09. The van der Waals surface area contributed by atoms with Gasteiger partial charge in [-0.3, -0.25) is 4.79 Å². The van der Waals surface area contributed by atoms with Crippen molar-refractivity contribution in [2.24, 2.45) is 0 Å². The van der Waals surface area contributed by atoms with Gasteiger partial charge in [0.15, 0.2) is 5.76 Å². The fourth-order valence-corrected chi connectivity index (χ4v) is 4.12. The average Bonchev–Trinajstić information content (AvgIpc) is 2.74. The number of ether oxygens (including phenoxy) is 2. The van der Waals surface area contributed by atoms with E-state index >= 15 is 0 Å². The zero-order chi connectivity index (χ0) is 21.3. The number of rotatable bonds is 5. The summed E-state index contributed by atoms with van der Waals surface area (Å²) in [5, 5.41) is 1.34. The molecule has 4 nitrogen and oxygen atoms in total. The number of para-hydroxylation sites is 1. The normalized spacial score (nSPS) is 10.9. The summed E-state index contributed by atoms with van der Waals surface area (Å²) in [5.41, 5.74) is 1.44. The van der Waals surface area contributed by atoms with Crippen molar-refractivity contribution in [3.63, 3.8) is 0 Å². The van der Waals surface area contributed by atoms with Gasteiger partial charge >= 0.3 is 0 Å². The Kier molecular flexibility index (Phi) is 6.04. The predicted molar refractivity (Wildman–Crippen MR) is 123 cm³/mol. The van der Waals surface area contributed by atoms with Crippen LogP contribution in [0.4, 0.5) is 0 Å². The molecule has 0 atom stereocenters. The van der Waals surface area contributed by atoms with Crippen molar-refractivity contribution in [1.82, 2.24) is 0 Å². The lowest BCUT2D eigenvalue weighted by Crippen LogP contribution is -2.10. The van der Waals surface area contributed by atoms with E-state index < -0.39 is 0 Å². The van der Waals surface area contributed by atoms with Crippen molar-refractivity contribution in [3.05, 3.63) is 91.0 Å². The summed E-state index contributed by atoms with van der Waals surface area (Å²) in [6.45, 7) is 0.0198. The van der Waals surface area contributed by atoms with Gasteiger partial charge in [-0.2, -0.15) is 0 Å². The molecule has 30 heavy (non-hydrogen) atoms. The van der Waals surface area contributed by atoms with Crippen LogP contribution < -0.4 is 14.9 Å². The maximum Gasteiger partial charge on any atom is 0.235 e. The van der Waals surface area contributed by atoms with Crippen LogP contribution in [0.2, 0.25) is 10.0 Å². The maximum atomic E-state index is 13.2. The second-order valence-electron chi connectivity index (χ2n) is 6.42. The molecule has 1 aromatic heterocycles. The minimum absolute atomic E-state index is 0.0198. The molecule has 4 rings (SSSR count). The molecule has 0 saturated heterocycles. The Bertz CT molecular complexity index is 1280. The van der Waals surface area contributed by atoms with Crippen LogP contribution in [-0.2, 0) is 6.61 Å². The quantitative estimate of drug-likeness (QED) is 0.290. The molecule has 152 valence electrons. The van der Waals surface area contributed by atoms with Crippen molar-refractivity contribution < 1.29 is 13.9 Å². The van der Waals surface area contributed by atoms with Crippen LogP contribution in [0.15, 0.2) is 74.3 Å². The number of halogens is 3. The van der Waals surface area contributed by atoms with Crippen molar-refractivity contribution in [2.75, 3.05) is 7.11 Å². The van der Waals surface area contributed by atoms with E-state index in [1.54, 1.807) is 61.7 Å². The van der Waals surface area contributed by atoms with E-state index in [1.165, 1.54) is 0 Å². The zero-order valence-electron chi connectivity index (χ0n) is 15.7. The van der Waals surface area contributed by atoms with E-state index in [-0.39, 0.29) is 17.8 Å². The third-order valence-electron chi connectivity index (χ3n) is 4.59. The van der Waals surface area contributed by atoms with Gasteiger partial charge in [-0.05, 0) is 58.4 Å². The van der Waals surface area contributed by atoms with Gasteiger partial charge in [0.05, 0.1) is 17.0 Å². The highest BCUT2D eigenvalue weighted by atomic mass is 79.9. The smallest absolute Gasteiger partial charge is 0.235 e. The van der Waals surface area contributed by atoms with E-state index in [4.69, 9.17) is 37.1 Å². The van der Waals surface area contributed by atoms with Gasteiger partial charge in [-0.1, -0.05) is 41.4 Å². The zero-order valence-corrected chi connectivity index (χ0v) is 18.8. The first-order chi connectivity index (χ1) is 14.5. The van der Waals surface area contributed by atoms with E-state index in [9.17, 15) is 4.79 Å². The molecule has 1 heterocycles. The van der Waals surface area contributed by atoms with Crippen LogP contribution in [0.25, 0.3) is 22.3 Å². The number of methoxy groups -OCH3 is 1. The van der Waals surface area contributed by atoms with Gasteiger partial charge in [-0.25, -0.2) is 0 Å². The Morgan fingerprint density at radius 2 is 1.73 bits per heavy atom. The largest absolute Gasteiger partial charge is 0.496 e. The van der Waals surface area contributed by atoms with Gasteiger partial charge in [0.25, 0.3) is 0 Å². The highest BCUT2D eigenvalue weighted by Crippen LogP contribution is 2.36. The fraction of sp³-hybridized carbons (Fsp3) is 0.0870. The van der Waals surface area contributed by atoms with Crippen molar-refractivity contribution in [1.29, 1.82) is 0 Å². The highest BCUT2D eigenvalue weighted by Gasteiger charge is 2.19. The van der Waals surface area contributed by atoms with Crippen LogP contribution in [0.1, 0.15) is 5.56 Å². The van der Waals surface area contributed by atoms with Gasteiger partial charge < -0.3 is 13.9 Å². The Morgan fingerprint density at radius 3 is 2.43 bits per heavy atom. The average molecular weight is 506 g/mol. The Hall–Kier alpha value is -2.47. The van der Waals surface area contributed by atoms with Crippen molar-refractivity contribution >= 4 is 50.1 Å². The number of benzene rings is 3. The molecule has 0 unspecified atom stereocenters. The number of fused-ring (bicyclic) bond motifs is 1. The van der Waals surface area contributed by atoms with Crippen LogP contribution in [-0.4, -0.2) is 7.11 Å². The molecule has 0 aliphatic rings. The highest BCUT2D eigenvalue weighted by molar-refractivity contribution is 9.10. The van der Waals surface area contributed by atoms with Crippen LogP contribution in [0.5, 0.6) is 11.5 Å². The van der Waals surface area contributed by atoms with E-state index in [0.717, 1.165) is 4.47 Å². The summed E-state index contributed by atoms with van der Waals surface area (Å²) in [4.78, 5) is 13.2. The van der Waals surface area contributed by atoms with Gasteiger partial charge in [0, 0.05) is 21.2 Å². The first-order valence-corrected chi connectivity index (χ1v) is 10.5. The number of hydrogen-bond donors (Lipinski definition) is 0. The third-order valence-corrected chi connectivity index (χ3v) is 5.92. The lowest BCUT2D eigenvalue weighted by molar-refractivity contribution is 0.298. The molecule has 0 spiro atoms. The molecule has 0 aliphatic heterocycles. The van der Waals surface area contributed by atoms with Gasteiger partial charge in [0.2, 0.25) is 11.2 Å². The van der Waals surface area contributed by atoms with Crippen LogP contribution >= 0.6 is 39.1 Å². The first kappa shape index (κ1) is 20.8. The lowest BCUT2D eigenvalue weighted by Gasteiger charge is -2.14. The number of hydrogen-bond acceptors (Lipinski definition) is 4. The predicted octanol–water partition coefficient (Wildman–Crippen LogP) is 7.12. The Balaban J connectivity index is 1.86. The minimum Gasteiger partial charge on any atom is -0.496 e. The Morgan fingerprint density at radius 1 is 1.00 bits per heavy atom. The summed E-state index contributed by atoms with van der Waals surface area (Å²) in [6.07, 6.45) is 0. The maximum absolute atomic E-state index is 13.2. The molecule has 0 aliphatic carbocycles. The fourth-order valence-electron chi connectivity index (χ4n) is 3.07. The van der Waals surface area contributed by atoms with Gasteiger partial charge in [-0.15, -0.1) is 0 Å². The third kappa shape index (κ3) is 3.93. The minimum atomic E-state index is -0.276. The molecule has 0 amide bonds. The topological polar surface area (TPSA) is 48.7 Å². The monoisotopic (exact) mass is 504 g/mol. The summed E-state index contributed by atoms with van der Waals surface area (Å²) in [6, 6.07) is 17.6. The standard InChI is InChI=1S/C23H15BrCl2O4/c1-28-20-10-9-13(11-16(20)24)22-23(21(27)14-5-2-3-8-19(14)30-22)29-12-15-17(25)6-4-7-18(15)26/h2-11H,12H2,1H3. The molecule has 4 aromatic rings. The van der Waals surface area contributed by atoms with Crippen molar-refractivity contribution in [2.45, 2.75) is 6.61 Å². The summed E-state index contributed by atoms with van der Waals surface area (Å²) in [5.74, 6) is 1.05. The summed E-state index contributed by atoms with van der Waals surface area (Å²) in [7, 11) is 1.58. The molecule has 0 fully saturated rings. The van der Waals surface area contributed by atoms with E-state index in [2.05, 4.69) is 15.9 Å². The molecule has 0 saturated carbocycles. The van der Waals surface area contributed by atoms with Gasteiger partial charge in [0.1, 0.15) is 17.9 Å². The molecule has 0 N–H and O–H groups in total. The molecular weight excluding hydrogens is 491 g/mol. The lowest BCUT2D eigenvalue weighted by atomic mass is 10.1. The summed E-state index contributed by atoms with van der Waals surface area (Å²) < 4.78 is 18.1. The summed E-state index contributed by atoms with van der Waals surface area (Å²) >= 11 is 16.0. The molecule has 7 heteroatoms.